The molecule has 12 nitrogen and oxygen atoms in total. The molecule has 2 aliphatic rings. The Morgan fingerprint density at radius 1 is 0.364 bits per heavy atom. The van der Waals surface area contributed by atoms with E-state index >= 15 is 0 Å². The van der Waals surface area contributed by atoms with Crippen LogP contribution in [-0.2, 0) is 0 Å². The van der Waals surface area contributed by atoms with Gasteiger partial charge in [-0.3, -0.25) is 0 Å². The Labute approximate surface area is 247 Å². The van der Waals surface area contributed by atoms with Crippen LogP contribution in [0, 0.1) is 0 Å². The second-order valence-corrected chi connectivity index (χ2v) is 10.7. The summed E-state index contributed by atoms with van der Waals surface area (Å²) in [5, 5.41) is 2.78. The molecule has 5 heterocycles. The number of nitrogens with zero attached hydrogens (tertiary/aromatic N) is 6. The van der Waals surface area contributed by atoms with E-state index in [-0.39, 0.29) is 22.7 Å². The summed E-state index contributed by atoms with van der Waals surface area (Å²) < 4.78 is 0. The van der Waals surface area contributed by atoms with Crippen molar-refractivity contribution in [3.63, 3.8) is 0 Å². The minimum atomic E-state index is 0.172. The largest absolute Gasteiger partial charge is 0.396 e. The van der Waals surface area contributed by atoms with Gasteiger partial charge in [0.25, 0.3) is 0 Å². The number of aromatic nitrogens is 8. The predicted octanol–water partition coefficient (Wildman–Crippen LogP) is 5.20. The van der Waals surface area contributed by atoms with Crippen molar-refractivity contribution in [1.29, 1.82) is 0 Å². The molecule has 44 heavy (non-hydrogen) atoms. The minimum Gasteiger partial charge on any atom is -0.396 e. The molecule has 2 aliphatic heterocycles. The van der Waals surface area contributed by atoms with Crippen LogP contribution in [0.15, 0.2) is 72.8 Å². The molecular weight excluding hydrogens is 552 g/mol. The number of aromatic amines is 2. The number of hydrogen-bond donors (Lipinski definition) is 6. The van der Waals surface area contributed by atoms with Gasteiger partial charge in [-0.25, -0.2) is 29.9 Å². The molecule has 12 heteroatoms. The number of nitrogens with one attached hydrogen (secondary N) is 2. The van der Waals surface area contributed by atoms with E-state index in [1.807, 2.05) is 72.8 Å². The van der Waals surface area contributed by atoms with Crippen molar-refractivity contribution in [3.05, 3.63) is 72.8 Å². The number of rotatable bonds is 0. The van der Waals surface area contributed by atoms with Gasteiger partial charge in [-0.1, -0.05) is 72.8 Å². The number of H-pyrrole nitrogens is 2. The molecule has 8 bridgehead atoms. The van der Waals surface area contributed by atoms with Crippen LogP contribution in [0.4, 0.5) is 22.7 Å². The van der Waals surface area contributed by atoms with Gasteiger partial charge < -0.3 is 32.9 Å². The molecule has 0 aliphatic carbocycles. The monoisotopic (exact) mass is 574 g/mol. The average molecular weight is 575 g/mol. The molecule has 9 rings (SSSR count). The minimum absolute atomic E-state index is 0.172. The molecule has 0 fully saturated rings. The first kappa shape index (κ1) is 24.1. The molecule has 0 amide bonds. The average Bonchev–Trinajstić information content (AvgIpc) is 3.78. The highest BCUT2D eigenvalue weighted by Gasteiger charge is 2.24. The summed E-state index contributed by atoms with van der Waals surface area (Å²) in [6.45, 7) is 0. The van der Waals surface area contributed by atoms with Crippen LogP contribution < -0.4 is 22.9 Å². The highest BCUT2D eigenvalue weighted by Crippen LogP contribution is 2.43. The van der Waals surface area contributed by atoms with Crippen molar-refractivity contribution >= 4 is 66.9 Å². The summed E-state index contributed by atoms with van der Waals surface area (Å²) in [5.74, 6) is 1.88. The van der Waals surface area contributed by atoms with Crippen molar-refractivity contribution in [3.8, 4) is 45.6 Å². The third kappa shape index (κ3) is 3.21. The first-order valence-corrected chi connectivity index (χ1v) is 13.8. The molecule has 10 N–H and O–H groups in total. The first-order valence-electron chi connectivity index (χ1n) is 13.8. The fourth-order valence-corrected chi connectivity index (χ4v) is 6.00. The lowest BCUT2D eigenvalue weighted by Gasteiger charge is -2.09. The van der Waals surface area contributed by atoms with E-state index in [4.69, 9.17) is 52.8 Å². The van der Waals surface area contributed by atoms with E-state index in [1.54, 1.807) is 0 Å². The van der Waals surface area contributed by atoms with Crippen LogP contribution in [-0.4, -0.2) is 39.9 Å². The van der Waals surface area contributed by atoms with Crippen molar-refractivity contribution in [2.24, 2.45) is 0 Å². The lowest BCUT2D eigenvalue weighted by Crippen LogP contribution is -2.04. The molecule has 0 unspecified atom stereocenters. The maximum Gasteiger partial charge on any atom is 0.164 e. The zero-order chi connectivity index (χ0) is 29.7. The van der Waals surface area contributed by atoms with Gasteiger partial charge in [0.05, 0.1) is 33.5 Å². The maximum atomic E-state index is 6.56. The van der Waals surface area contributed by atoms with Crippen molar-refractivity contribution in [2.45, 2.75) is 0 Å². The van der Waals surface area contributed by atoms with Gasteiger partial charge in [0.15, 0.2) is 23.3 Å². The van der Waals surface area contributed by atoms with Crippen molar-refractivity contribution in [2.75, 3.05) is 22.9 Å². The maximum absolute atomic E-state index is 6.56. The Kier molecular flexibility index (Phi) is 4.64. The van der Waals surface area contributed by atoms with Crippen LogP contribution in [0.25, 0.3) is 89.7 Å². The van der Waals surface area contributed by atoms with E-state index in [0.29, 0.717) is 56.7 Å². The summed E-state index contributed by atoms with van der Waals surface area (Å²) >= 11 is 0. The molecule has 0 spiro atoms. The molecule has 3 aromatic heterocycles. The summed E-state index contributed by atoms with van der Waals surface area (Å²) in [4.78, 5) is 36.4. The van der Waals surface area contributed by atoms with E-state index in [9.17, 15) is 0 Å². The Balaban J connectivity index is 1.54. The van der Waals surface area contributed by atoms with Crippen LogP contribution in [0.1, 0.15) is 0 Å². The second-order valence-electron chi connectivity index (χ2n) is 10.7. The van der Waals surface area contributed by atoms with Gasteiger partial charge in [-0.2, -0.15) is 0 Å². The van der Waals surface area contributed by atoms with Crippen LogP contribution in [0.5, 0.6) is 0 Å². The lowest BCUT2D eigenvalue weighted by molar-refractivity contribution is 1.19. The van der Waals surface area contributed by atoms with Gasteiger partial charge >= 0.3 is 0 Å². The number of nitrogens with two attached hydrogens (primary N) is 4. The summed E-state index contributed by atoms with van der Waals surface area (Å²) in [6, 6.07) is 23.5. The van der Waals surface area contributed by atoms with E-state index in [2.05, 4.69) is 9.97 Å². The summed E-state index contributed by atoms with van der Waals surface area (Å²) in [5.41, 5.74) is 31.8. The van der Waals surface area contributed by atoms with Crippen LogP contribution in [0.3, 0.4) is 0 Å². The van der Waals surface area contributed by atoms with E-state index in [0.717, 1.165) is 33.0 Å². The highest BCUT2D eigenvalue weighted by atomic mass is 15.1. The third-order valence-corrected chi connectivity index (χ3v) is 8.16. The first-order chi connectivity index (χ1) is 21.5. The van der Waals surface area contributed by atoms with Crippen molar-refractivity contribution in [1.82, 2.24) is 39.9 Å². The molecule has 7 aromatic rings. The fraction of sp³-hybridized carbons (Fsp3) is 0. The second kappa shape index (κ2) is 8.49. The van der Waals surface area contributed by atoms with Gasteiger partial charge in [0, 0.05) is 33.0 Å². The van der Waals surface area contributed by atoms with E-state index in [1.165, 1.54) is 0 Å². The number of fused-ring (bicyclic) bond motifs is 20. The Bertz CT molecular complexity index is 2390. The Morgan fingerprint density at radius 2 is 0.682 bits per heavy atom. The molecule has 210 valence electrons. The van der Waals surface area contributed by atoms with Gasteiger partial charge in [-0.05, 0) is 0 Å². The molecule has 4 aromatic carbocycles. The molecule has 0 atom stereocenters. The topological polar surface area (TPSA) is 213 Å². The van der Waals surface area contributed by atoms with Crippen molar-refractivity contribution < 1.29 is 0 Å². The lowest BCUT2D eigenvalue weighted by atomic mass is 10.1. The smallest absolute Gasteiger partial charge is 0.164 e. The summed E-state index contributed by atoms with van der Waals surface area (Å²) in [7, 11) is 0. The highest BCUT2D eigenvalue weighted by molar-refractivity contribution is 6.22. The van der Waals surface area contributed by atoms with Gasteiger partial charge in [-0.15, -0.1) is 0 Å². The molecule has 0 saturated heterocycles. The van der Waals surface area contributed by atoms with Gasteiger partial charge in [0.1, 0.15) is 22.6 Å². The normalized spacial score (nSPS) is 12.0. The molecular formula is C32H22N12. The standard InChI is InChI=1S/C32H22N12/c33-21-19-20(22(34)24(36)23(21)35)32-43-30-18-12-6-4-10-16(18)28(41-30)39-26-14-8-2-1-7-13(14)25(37-26)38-27-15-9-3-5-11-17(15)29(40-27)42-31(19)44-32/h1-12H,33-36H2,(H2,37,38,39,40,41,42,43,44). The zero-order valence-corrected chi connectivity index (χ0v) is 22.9. The van der Waals surface area contributed by atoms with Crippen LogP contribution >= 0.6 is 0 Å². The molecule has 0 radical (unpaired) electrons. The number of anilines is 4. The third-order valence-electron chi connectivity index (χ3n) is 8.16. The van der Waals surface area contributed by atoms with Gasteiger partial charge in [0.2, 0.25) is 0 Å². The fourth-order valence-electron chi connectivity index (χ4n) is 6.00. The Morgan fingerprint density at radius 3 is 1.07 bits per heavy atom. The predicted molar refractivity (Wildman–Crippen MR) is 174 cm³/mol. The zero-order valence-electron chi connectivity index (χ0n) is 22.9. The Hall–Kier alpha value is -6.56. The number of nitrogen functional groups attached to an aromatic ring is 4. The number of benzene rings is 4. The molecule has 0 saturated carbocycles. The van der Waals surface area contributed by atoms with E-state index < -0.39 is 0 Å². The number of hydrogen-bond acceptors (Lipinski definition) is 10. The quantitative estimate of drug-likeness (QED) is 0.130. The SMILES string of the molecule is Nc1c(N)c(N)c2c3nc4nc(nc5[nH]c(nc6nc(nc([nH]3)c2c1N)-c1ccccc1-6)c1ccccc51)-c1ccccc1-4. The van der Waals surface area contributed by atoms with Crippen LogP contribution in [0.2, 0.25) is 0 Å². The summed E-state index contributed by atoms with van der Waals surface area (Å²) in [6.07, 6.45) is 0.